The Bertz CT molecular complexity index is 515. The number of sulfone groups is 1. The first kappa shape index (κ1) is 14.0. The lowest BCUT2D eigenvalue weighted by atomic mass is 10.0. The van der Waals surface area contributed by atoms with E-state index in [9.17, 15) is 8.42 Å². The second-order valence-electron chi connectivity index (χ2n) is 4.90. The van der Waals surface area contributed by atoms with Crippen LogP contribution in [0.15, 0.2) is 28.7 Å². The van der Waals surface area contributed by atoms with Gasteiger partial charge >= 0.3 is 0 Å². The van der Waals surface area contributed by atoms with Gasteiger partial charge in [-0.15, -0.1) is 0 Å². The number of benzene rings is 1. The van der Waals surface area contributed by atoms with Gasteiger partial charge in [-0.3, -0.25) is 0 Å². The highest BCUT2D eigenvalue weighted by atomic mass is 79.9. The third kappa shape index (κ3) is 3.33. The van der Waals surface area contributed by atoms with Gasteiger partial charge in [0.15, 0.2) is 9.84 Å². The fraction of sp³-hybridized carbons (Fsp3) is 0.538. The quantitative estimate of drug-likeness (QED) is 0.924. The molecule has 0 radical (unpaired) electrons. The maximum atomic E-state index is 12.0. The van der Waals surface area contributed by atoms with Crippen LogP contribution in [0.1, 0.15) is 24.8 Å². The molecule has 1 heterocycles. The summed E-state index contributed by atoms with van der Waals surface area (Å²) in [5.74, 6) is 0.295. The molecule has 1 aromatic carbocycles. The van der Waals surface area contributed by atoms with Gasteiger partial charge in [0, 0.05) is 10.5 Å². The van der Waals surface area contributed by atoms with Crippen molar-refractivity contribution in [1.29, 1.82) is 0 Å². The van der Waals surface area contributed by atoms with E-state index in [-0.39, 0.29) is 11.3 Å². The molecule has 0 aliphatic carbocycles. The fourth-order valence-electron chi connectivity index (χ4n) is 2.53. The molecule has 0 aromatic heterocycles. The lowest BCUT2D eigenvalue weighted by Gasteiger charge is -2.27. The van der Waals surface area contributed by atoms with Crippen LogP contribution in [0, 0.1) is 0 Å². The Kier molecular flexibility index (Phi) is 4.45. The van der Waals surface area contributed by atoms with Crippen molar-refractivity contribution < 1.29 is 8.42 Å². The number of hydrogen-bond donors (Lipinski definition) is 1. The Morgan fingerprint density at radius 1 is 1.39 bits per heavy atom. The summed E-state index contributed by atoms with van der Waals surface area (Å²) >= 11 is 3.41. The number of nitrogens with two attached hydrogens (primary N) is 1. The zero-order valence-electron chi connectivity index (χ0n) is 10.2. The van der Waals surface area contributed by atoms with Crippen LogP contribution in [0.4, 0.5) is 0 Å². The van der Waals surface area contributed by atoms with Crippen LogP contribution in [0.25, 0.3) is 0 Å². The van der Waals surface area contributed by atoms with Gasteiger partial charge in [0.05, 0.1) is 11.0 Å². The second kappa shape index (κ2) is 5.72. The summed E-state index contributed by atoms with van der Waals surface area (Å²) in [6.07, 6.45) is 3.07. The van der Waals surface area contributed by atoms with Gasteiger partial charge in [-0.25, -0.2) is 8.42 Å². The number of hydrogen-bond acceptors (Lipinski definition) is 3. The van der Waals surface area contributed by atoms with Crippen molar-refractivity contribution in [3.8, 4) is 0 Å². The normalized spacial score (nSPS) is 24.7. The van der Waals surface area contributed by atoms with Gasteiger partial charge in [-0.05, 0) is 37.0 Å². The third-order valence-electron chi connectivity index (χ3n) is 3.47. The summed E-state index contributed by atoms with van der Waals surface area (Å²) in [5, 5.41) is -0.370. The minimum atomic E-state index is -2.99. The molecule has 1 saturated heterocycles. The van der Waals surface area contributed by atoms with Crippen LogP contribution >= 0.6 is 15.9 Å². The van der Waals surface area contributed by atoms with E-state index >= 15 is 0 Å². The zero-order chi connectivity index (χ0) is 13.2. The lowest BCUT2D eigenvalue weighted by Crippen LogP contribution is -2.44. The van der Waals surface area contributed by atoms with Crippen molar-refractivity contribution in [3.05, 3.63) is 34.3 Å². The Balaban J connectivity index is 2.09. The molecular formula is C13H18BrNO2S. The highest BCUT2D eigenvalue weighted by Crippen LogP contribution is 2.23. The van der Waals surface area contributed by atoms with Crippen LogP contribution in [0.5, 0.6) is 0 Å². The van der Waals surface area contributed by atoms with E-state index in [4.69, 9.17) is 5.73 Å². The first-order chi connectivity index (χ1) is 8.49. The SMILES string of the molecule is NC(Cc1cccc(Br)c1)C1CCCCS1(=O)=O. The van der Waals surface area contributed by atoms with E-state index in [1.54, 1.807) is 0 Å². The largest absolute Gasteiger partial charge is 0.326 e. The minimum absolute atomic E-state index is 0.295. The molecule has 0 spiro atoms. The van der Waals surface area contributed by atoms with E-state index in [2.05, 4.69) is 15.9 Å². The molecule has 2 unspecified atom stereocenters. The molecule has 1 aliphatic heterocycles. The molecule has 2 atom stereocenters. The molecule has 0 saturated carbocycles. The summed E-state index contributed by atoms with van der Waals surface area (Å²) in [4.78, 5) is 0. The monoisotopic (exact) mass is 331 g/mol. The number of halogens is 1. The highest BCUT2D eigenvalue weighted by molar-refractivity contribution is 9.10. The Labute approximate surface area is 117 Å². The van der Waals surface area contributed by atoms with Crippen molar-refractivity contribution in [1.82, 2.24) is 0 Å². The molecule has 1 aromatic rings. The van der Waals surface area contributed by atoms with Crippen molar-refractivity contribution in [2.24, 2.45) is 5.73 Å². The van der Waals surface area contributed by atoms with Gasteiger partial charge in [0.1, 0.15) is 0 Å². The molecule has 100 valence electrons. The minimum Gasteiger partial charge on any atom is -0.326 e. The Hall–Kier alpha value is -0.390. The molecule has 1 aliphatic rings. The van der Waals surface area contributed by atoms with Crippen LogP contribution in [0.2, 0.25) is 0 Å². The van der Waals surface area contributed by atoms with Crippen LogP contribution in [-0.4, -0.2) is 25.5 Å². The molecule has 2 rings (SSSR count). The van der Waals surface area contributed by atoms with E-state index in [0.29, 0.717) is 18.6 Å². The fourth-order valence-corrected chi connectivity index (χ4v) is 5.04. The molecule has 2 N–H and O–H groups in total. The predicted octanol–water partition coefficient (Wildman–Crippen LogP) is 2.29. The smallest absolute Gasteiger partial charge is 0.154 e. The van der Waals surface area contributed by atoms with E-state index in [1.807, 2.05) is 24.3 Å². The molecule has 3 nitrogen and oxygen atoms in total. The van der Waals surface area contributed by atoms with E-state index < -0.39 is 9.84 Å². The summed E-state index contributed by atoms with van der Waals surface area (Å²) < 4.78 is 25.0. The van der Waals surface area contributed by atoms with Crippen LogP contribution in [-0.2, 0) is 16.3 Å². The standard InChI is InChI=1S/C13H18BrNO2S/c14-11-5-3-4-10(8-11)9-12(15)13-6-1-2-7-18(13,16)17/h3-5,8,12-13H,1-2,6-7,9,15H2. The summed E-state index contributed by atoms with van der Waals surface area (Å²) in [7, 11) is -2.99. The topological polar surface area (TPSA) is 60.2 Å². The summed E-state index contributed by atoms with van der Waals surface area (Å²) in [5.41, 5.74) is 7.19. The molecule has 5 heteroatoms. The van der Waals surface area contributed by atoms with Crippen molar-refractivity contribution in [2.45, 2.75) is 37.0 Å². The first-order valence-electron chi connectivity index (χ1n) is 6.20. The van der Waals surface area contributed by atoms with Gasteiger partial charge < -0.3 is 5.73 Å². The molecular weight excluding hydrogens is 314 g/mol. The van der Waals surface area contributed by atoms with Gasteiger partial charge in [-0.2, -0.15) is 0 Å². The van der Waals surface area contributed by atoms with Crippen molar-refractivity contribution >= 4 is 25.8 Å². The van der Waals surface area contributed by atoms with Crippen LogP contribution < -0.4 is 5.73 Å². The third-order valence-corrected chi connectivity index (χ3v) is 6.33. The van der Waals surface area contributed by atoms with E-state index in [1.165, 1.54) is 0 Å². The van der Waals surface area contributed by atoms with Gasteiger partial charge in [0.2, 0.25) is 0 Å². The molecule has 0 bridgehead atoms. The molecule has 18 heavy (non-hydrogen) atoms. The van der Waals surface area contributed by atoms with Gasteiger partial charge in [-0.1, -0.05) is 34.5 Å². The Morgan fingerprint density at radius 2 is 2.17 bits per heavy atom. The summed E-state index contributed by atoms with van der Waals surface area (Å²) in [6, 6.07) is 7.58. The maximum Gasteiger partial charge on any atom is 0.154 e. The van der Waals surface area contributed by atoms with Crippen molar-refractivity contribution in [3.63, 3.8) is 0 Å². The molecule has 0 amide bonds. The number of rotatable bonds is 3. The van der Waals surface area contributed by atoms with E-state index in [0.717, 1.165) is 22.9 Å². The second-order valence-corrected chi connectivity index (χ2v) is 8.15. The lowest BCUT2D eigenvalue weighted by molar-refractivity contribution is 0.495. The Morgan fingerprint density at radius 3 is 2.83 bits per heavy atom. The summed E-state index contributed by atoms with van der Waals surface area (Å²) in [6.45, 7) is 0. The molecule has 1 fully saturated rings. The zero-order valence-corrected chi connectivity index (χ0v) is 12.6. The average Bonchev–Trinajstić information content (AvgIpc) is 2.28. The van der Waals surface area contributed by atoms with Crippen LogP contribution in [0.3, 0.4) is 0 Å². The van der Waals surface area contributed by atoms with Crippen molar-refractivity contribution in [2.75, 3.05) is 5.75 Å². The van der Waals surface area contributed by atoms with Gasteiger partial charge in [0.25, 0.3) is 0 Å². The average molecular weight is 332 g/mol. The first-order valence-corrected chi connectivity index (χ1v) is 8.71. The maximum absolute atomic E-state index is 12.0. The predicted molar refractivity (Wildman–Crippen MR) is 77.2 cm³/mol. The highest BCUT2D eigenvalue weighted by Gasteiger charge is 2.33.